The molecule has 0 radical (unpaired) electrons. The average molecular weight is 339 g/mol. The van der Waals surface area contributed by atoms with E-state index in [9.17, 15) is 0 Å². The number of hydrogen-bond acceptors (Lipinski definition) is 3. The van der Waals surface area contributed by atoms with Crippen LogP contribution in [0.2, 0.25) is 0 Å². The van der Waals surface area contributed by atoms with E-state index >= 15 is 0 Å². The molecule has 2 rings (SSSR count). The Bertz CT molecular complexity index is 355. The Morgan fingerprint density at radius 3 is 2.67 bits per heavy atom. The second-order valence-electron chi connectivity index (χ2n) is 7.06. The van der Waals surface area contributed by atoms with Gasteiger partial charge in [0, 0.05) is 25.7 Å². The van der Waals surface area contributed by atoms with Crippen molar-refractivity contribution in [1.29, 1.82) is 0 Å². The van der Waals surface area contributed by atoms with Gasteiger partial charge in [-0.2, -0.15) is 0 Å². The molecule has 5 heteroatoms. The topological polar surface area (TPSA) is 48.9 Å². The van der Waals surface area contributed by atoms with Crippen LogP contribution in [0.4, 0.5) is 0 Å². The van der Waals surface area contributed by atoms with E-state index in [0.29, 0.717) is 12.1 Å². The Morgan fingerprint density at radius 1 is 1.08 bits per heavy atom. The molecule has 0 bridgehead atoms. The molecule has 1 saturated heterocycles. The second kappa shape index (κ2) is 11.7. The largest absolute Gasteiger partial charge is 0.378 e. The molecule has 1 unspecified atom stereocenters. The lowest BCUT2D eigenvalue weighted by atomic mass is 9.98. The van der Waals surface area contributed by atoms with E-state index in [2.05, 4.69) is 29.4 Å². The fourth-order valence-electron chi connectivity index (χ4n) is 3.82. The third kappa shape index (κ3) is 6.98. The van der Waals surface area contributed by atoms with Gasteiger partial charge < -0.3 is 15.4 Å². The molecule has 0 amide bonds. The molecule has 0 aromatic heterocycles. The number of aliphatic imine (C=N–C) groups is 1. The van der Waals surface area contributed by atoms with Gasteiger partial charge in [-0.05, 0) is 52.1 Å². The Hall–Kier alpha value is -0.810. The van der Waals surface area contributed by atoms with Gasteiger partial charge >= 0.3 is 0 Å². The summed E-state index contributed by atoms with van der Waals surface area (Å²) >= 11 is 0. The standard InChI is InChI=1S/C19H38N4O/c1-3-20-19(22-16-17-10-8-14-23(17)4-2)21-13-9-15-24-18-11-6-5-7-12-18/h17-18H,3-16H2,1-2H3,(H2,20,21,22). The summed E-state index contributed by atoms with van der Waals surface area (Å²) in [5.74, 6) is 0.957. The van der Waals surface area contributed by atoms with Crippen LogP contribution in [0.3, 0.4) is 0 Å². The summed E-state index contributed by atoms with van der Waals surface area (Å²) in [5, 5.41) is 6.81. The number of likely N-dealkylation sites (N-methyl/N-ethyl adjacent to an activating group) is 1. The Balaban J connectivity index is 1.62. The molecular weight excluding hydrogens is 300 g/mol. The molecule has 1 aliphatic heterocycles. The van der Waals surface area contributed by atoms with Crippen LogP contribution in [0.5, 0.6) is 0 Å². The zero-order chi connectivity index (χ0) is 17.0. The second-order valence-corrected chi connectivity index (χ2v) is 7.06. The molecule has 1 saturated carbocycles. The van der Waals surface area contributed by atoms with E-state index in [0.717, 1.165) is 45.2 Å². The van der Waals surface area contributed by atoms with Crippen LogP contribution in [-0.4, -0.2) is 62.3 Å². The molecule has 5 nitrogen and oxygen atoms in total. The van der Waals surface area contributed by atoms with Crippen molar-refractivity contribution in [2.45, 2.75) is 77.4 Å². The van der Waals surface area contributed by atoms with Crippen LogP contribution in [0.25, 0.3) is 0 Å². The predicted octanol–water partition coefficient (Wildman–Crippen LogP) is 2.77. The average Bonchev–Trinajstić information content (AvgIpc) is 3.07. The Kier molecular flexibility index (Phi) is 9.51. The molecule has 2 fully saturated rings. The quantitative estimate of drug-likeness (QED) is 0.386. The molecule has 24 heavy (non-hydrogen) atoms. The van der Waals surface area contributed by atoms with Gasteiger partial charge in [0.1, 0.15) is 0 Å². The van der Waals surface area contributed by atoms with Crippen LogP contribution in [0.15, 0.2) is 4.99 Å². The smallest absolute Gasteiger partial charge is 0.191 e. The van der Waals surface area contributed by atoms with Crippen LogP contribution >= 0.6 is 0 Å². The van der Waals surface area contributed by atoms with Gasteiger partial charge in [0.25, 0.3) is 0 Å². The Morgan fingerprint density at radius 2 is 1.92 bits per heavy atom. The summed E-state index contributed by atoms with van der Waals surface area (Å²) < 4.78 is 5.99. The van der Waals surface area contributed by atoms with Crippen LogP contribution in [0.1, 0.15) is 65.2 Å². The lowest BCUT2D eigenvalue weighted by molar-refractivity contribution is 0.0277. The van der Waals surface area contributed by atoms with E-state index in [1.54, 1.807) is 0 Å². The highest BCUT2D eigenvalue weighted by Gasteiger charge is 2.22. The summed E-state index contributed by atoms with van der Waals surface area (Å²) in [6, 6.07) is 0.625. The third-order valence-electron chi connectivity index (χ3n) is 5.23. The van der Waals surface area contributed by atoms with Gasteiger partial charge in [-0.15, -0.1) is 0 Å². The van der Waals surface area contributed by atoms with Gasteiger partial charge in [-0.3, -0.25) is 9.89 Å². The van der Waals surface area contributed by atoms with Crippen LogP contribution < -0.4 is 10.6 Å². The molecule has 0 aromatic carbocycles. The van der Waals surface area contributed by atoms with Crippen LogP contribution in [0, 0.1) is 0 Å². The van der Waals surface area contributed by atoms with Crippen molar-refractivity contribution in [2.24, 2.45) is 4.99 Å². The first-order valence-electron chi connectivity index (χ1n) is 10.2. The monoisotopic (exact) mass is 338 g/mol. The van der Waals surface area contributed by atoms with E-state index in [1.165, 1.54) is 51.5 Å². The van der Waals surface area contributed by atoms with Gasteiger partial charge in [-0.1, -0.05) is 26.2 Å². The number of guanidine groups is 1. The molecule has 1 heterocycles. The maximum atomic E-state index is 5.99. The summed E-state index contributed by atoms with van der Waals surface area (Å²) in [6.07, 6.45) is 10.8. The van der Waals surface area contributed by atoms with Crippen molar-refractivity contribution in [1.82, 2.24) is 15.5 Å². The van der Waals surface area contributed by atoms with Crippen molar-refractivity contribution in [3.8, 4) is 0 Å². The SMILES string of the molecule is CCNC(=NCC1CCCN1CC)NCCCOC1CCCCC1. The highest BCUT2D eigenvalue weighted by atomic mass is 16.5. The van der Waals surface area contributed by atoms with E-state index in [4.69, 9.17) is 9.73 Å². The third-order valence-corrected chi connectivity index (χ3v) is 5.23. The summed E-state index contributed by atoms with van der Waals surface area (Å²) in [6.45, 7) is 10.4. The fraction of sp³-hybridized carbons (Fsp3) is 0.947. The molecule has 2 aliphatic rings. The first-order valence-corrected chi connectivity index (χ1v) is 10.2. The highest BCUT2D eigenvalue weighted by Crippen LogP contribution is 2.20. The fourth-order valence-corrected chi connectivity index (χ4v) is 3.82. The maximum Gasteiger partial charge on any atom is 0.191 e. The highest BCUT2D eigenvalue weighted by molar-refractivity contribution is 5.79. The molecule has 0 spiro atoms. The normalized spacial score (nSPS) is 23.6. The van der Waals surface area contributed by atoms with E-state index in [1.807, 2.05) is 0 Å². The van der Waals surface area contributed by atoms with Gasteiger partial charge in [0.2, 0.25) is 0 Å². The maximum absolute atomic E-state index is 5.99. The minimum absolute atomic E-state index is 0.517. The lowest BCUT2D eigenvalue weighted by Crippen LogP contribution is -2.40. The first-order chi connectivity index (χ1) is 11.8. The summed E-state index contributed by atoms with van der Waals surface area (Å²) in [5.41, 5.74) is 0. The van der Waals surface area contributed by atoms with E-state index in [-0.39, 0.29) is 0 Å². The van der Waals surface area contributed by atoms with Crippen molar-refractivity contribution in [3.63, 3.8) is 0 Å². The number of hydrogen-bond donors (Lipinski definition) is 2. The molecule has 140 valence electrons. The van der Waals surface area contributed by atoms with Crippen molar-refractivity contribution < 1.29 is 4.74 Å². The van der Waals surface area contributed by atoms with Crippen molar-refractivity contribution in [3.05, 3.63) is 0 Å². The molecule has 1 atom stereocenters. The zero-order valence-corrected chi connectivity index (χ0v) is 15.9. The van der Waals surface area contributed by atoms with Gasteiger partial charge in [-0.25, -0.2) is 0 Å². The molecule has 0 aromatic rings. The van der Waals surface area contributed by atoms with Gasteiger partial charge in [0.15, 0.2) is 5.96 Å². The molecule has 1 aliphatic carbocycles. The van der Waals surface area contributed by atoms with E-state index < -0.39 is 0 Å². The molecular formula is C19H38N4O. The van der Waals surface area contributed by atoms with Crippen molar-refractivity contribution >= 4 is 5.96 Å². The number of ether oxygens (including phenoxy) is 1. The number of nitrogens with one attached hydrogen (secondary N) is 2. The predicted molar refractivity (Wildman–Crippen MR) is 102 cm³/mol. The summed E-state index contributed by atoms with van der Waals surface area (Å²) in [4.78, 5) is 7.34. The molecule has 2 N–H and O–H groups in total. The van der Waals surface area contributed by atoms with Gasteiger partial charge in [0.05, 0.1) is 12.6 Å². The zero-order valence-electron chi connectivity index (χ0n) is 15.9. The number of nitrogens with zero attached hydrogens (tertiary/aromatic N) is 2. The number of likely N-dealkylation sites (tertiary alicyclic amines) is 1. The first kappa shape index (κ1) is 19.5. The van der Waals surface area contributed by atoms with Crippen LogP contribution in [-0.2, 0) is 4.74 Å². The van der Waals surface area contributed by atoms with Crippen molar-refractivity contribution in [2.75, 3.05) is 39.3 Å². The minimum atomic E-state index is 0.517. The lowest BCUT2D eigenvalue weighted by Gasteiger charge is -2.22. The summed E-state index contributed by atoms with van der Waals surface area (Å²) in [7, 11) is 0. The minimum Gasteiger partial charge on any atom is -0.378 e. The Labute approximate surface area is 148 Å². The number of rotatable bonds is 9.